The van der Waals surface area contributed by atoms with Crippen molar-refractivity contribution in [1.82, 2.24) is 4.98 Å². The Hall–Kier alpha value is -2.03. The molecule has 0 saturated carbocycles. The summed E-state index contributed by atoms with van der Waals surface area (Å²) in [6.07, 6.45) is 2.00. The predicted molar refractivity (Wildman–Crippen MR) is 83.6 cm³/mol. The van der Waals surface area contributed by atoms with Gasteiger partial charge < -0.3 is 9.88 Å². The van der Waals surface area contributed by atoms with Gasteiger partial charge in [-0.3, -0.25) is 4.79 Å². The van der Waals surface area contributed by atoms with Crippen LogP contribution in [0.5, 0.6) is 0 Å². The molecule has 3 heteroatoms. The highest BCUT2D eigenvalue weighted by molar-refractivity contribution is 5.70. The van der Waals surface area contributed by atoms with Gasteiger partial charge in [0.05, 0.1) is 5.69 Å². The summed E-state index contributed by atoms with van der Waals surface area (Å²) in [6.45, 7) is 5.06. The molecule has 0 fully saturated rings. The molecule has 0 aliphatic carbocycles. The van der Waals surface area contributed by atoms with Gasteiger partial charge in [-0.15, -0.1) is 0 Å². The molecule has 0 amide bonds. The van der Waals surface area contributed by atoms with Crippen LogP contribution in [0.4, 0.5) is 5.69 Å². The molecule has 104 valence electrons. The quantitative estimate of drug-likeness (QED) is 0.909. The van der Waals surface area contributed by atoms with Crippen LogP contribution in [-0.4, -0.2) is 18.6 Å². The summed E-state index contributed by atoms with van der Waals surface area (Å²) in [4.78, 5) is 17.2. The monoisotopic (exact) mass is 268 g/mol. The molecule has 3 nitrogen and oxygen atoms in total. The van der Waals surface area contributed by atoms with Crippen molar-refractivity contribution in [2.75, 3.05) is 18.5 Å². The number of aromatic nitrogens is 1. The Morgan fingerprint density at radius 1 is 1.30 bits per heavy atom. The molecule has 1 N–H and O–H groups in total. The third-order valence-electron chi connectivity index (χ3n) is 4.19. The van der Waals surface area contributed by atoms with Gasteiger partial charge in [-0.25, -0.2) is 0 Å². The second-order valence-electron chi connectivity index (χ2n) is 5.55. The maximum absolute atomic E-state index is 11.9. The fraction of sp³-hybridized carbons (Fsp3) is 0.353. The second-order valence-corrected chi connectivity index (χ2v) is 5.55. The number of likely N-dealkylation sites (N-methyl/N-ethyl adjacent to an activating group) is 1. The molecule has 0 unspecified atom stereocenters. The molecular weight excluding hydrogens is 248 g/mol. The van der Waals surface area contributed by atoms with Crippen molar-refractivity contribution in [3.8, 4) is 11.3 Å². The molecule has 0 radical (unpaired) electrons. The summed E-state index contributed by atoms with van der Waals surface area (Å²) in [5.41, 5.74) is 6.76. The molecular formula is C17H20N2O. The average Bonchev–Trinajstić information content (AvgIpc) is 2.82. The second kappa shape index (κ2) is 4.82. The molecule has 0 saturated heterocycles. The van der Waals surface area contributed by atoms with Crippen LogP contribution >= 0.6 is 0 Å². The number of benzene rings is 1. The van der Waals surface area contributed by atoms with Gasteiger partial charge in [0.2, 0.25) is 0 Å². The largest absolute Gasteiger partial charge is 0.374 e. The van der Waals surface area contributed by atoms with Gasteiger partial charge in [0.25, 0.3) is 5.56 Å². The molecule has 1 aliphatic rings. The van der Waals surface area contributed by atoms with Gasteiger partial charge in [0.15, 0.2) is 0 Å². The number of aromatic amines is 1. The Bertz CT molecular complexity index is 715. The van der Waals surface area contributed by atoms with E-state index >= 15 is 0 Å². The van der Waals surface area contributed by atoms with Crippen molar-refractivity contribution in [3.63, 3.8) is 0 Å². The van der Waals surface area contributed by atoms with E-state index in [1.807, 2.05) is 13.0 Å². The van der Waals surface area contributed by atoms with Crippen LogP contribution in [0.15, 0.2) is 29.1 Å². The minimum absolute atomic E-state index is 0.00909. The van der Waals surface area contributed by atoms with Gasteiger partial charge in [-0.2, -0.15) is 0 Å². The first-order valence-corrected chi connectivity index (χ1v) is 7.17. The SMILES string of the molecule is CCc1cc(C)c(=O)[nH]c1-c1ccc2c(c1)CCN2C. The maximum atomic E-state index is 11.9. The molecule has 1 aromatic heterocycles. The lowest BCUT2D eigenvalue weighted by atomic mass is 10.00. The third-order valence-corrected chi connectivity index (χ3v) is 4.19. The minimum atomic E-state index is 0.00909. The molecule has 3 rings (SSSR count). The lowest BCUT2D eigenvalue weighted by Crippen LogP contribution is -2.12. The van der Waals surface area contributed by atoms with E-state index in [1.54, 1.807) is 0 Å². The first-order valence-electron chi connectivity index (χ1n) is 7.17. The summed E-state index contributed by atoms with van der Waals surface area (Å²) in [5, 5.41) is 0. The van der Waals surface area contributed by atoms with Crippen molar-refractivity contribution < 1.29 is 0 Å². The van der Waals surface area contributed by atoms with E-state index in [-0.39, 0.29) is 5.56 Å². The maximum Gasteiger partial charge on any atom is 0.251 e. The normalized spacial score (nSPS) is 13.7. The summed E-state index contributed by atoms with van der Waals surface area (Å²) >= 11 is 0. The van der Waals surface area contributed by atoms with E-state index in [1.165, 1.54) is 16.8 Å². The average molecular weight is 268 g/mol. The zero-order valence-electron chi connectivity index (χ0n) is 12.3. The fourth-order valence-corrected chi connectivity index (χ4v) is 2.95. The Labute approximate surface area is 119 Å². The van der Waals surface area contributed by atoms with E-state index in [0.29, 0.717) is 0 Å². The van der Waals surface area contributed by atoms with Crippen molar-refractivity contribution in [3.05, 3.63) is 51.3 Å². The number of nitrogens with one attached hydrogen (secondary N) is 1. The molecule has 0 atom stereocenters. The van der Waals surface area contributed by atoms with E-state index in [2.05, 4.69) is 42.1 Å². The molecule has 2 heterocycles. The van der Waals surface area contributed by atoms with Gasteiger partial charge in [-0.05, 0) is 54.7 Å². The number of H-pyrrole nitrogens is 1. The molecule has 0 spiro atoms. The van der Waals surface area contributed by atoms with Crippen molar-refractivity contribution in [2.45, 2.75) is 26.7 Å². The van der Waals surface area contributed by atoms with Crippen LogP contribution < -0.4 is 10.5 Å². The highest BCUT2D eigenvalue weighted by Crippen LogP contribution is 2.31. The summed E-state index contributed by atoms with van der Waals surface area (Å²) < 4.78 is 0. The third kappa shape index (κ3) is 2.03. The van der Waals surface area contributed by atoms with E-state index in [4.69, 9.17) is 0 Å². The minimum Gasteiger partial charge on any atom is -0.374 e. The van der Waals surface area contributed by atoms with E-state index in [0.717, 1.165) is 36.2 Å². The van der Waals surface area contributed by atoms with Crippen LogP contribution in [0.2, 0.25) is 0 Å². The summed E-state index contributed by atoms with van der Waals surface area (Å²) in [5.74, 6) is 0. The predicted octanol–water partition coefficient (Wildman–Crippen LogP) is 2.91. The van der Waals surface area contributed by atoms with Crippen molar-refractivity contribution >= 4 is 5.69 Å². The highest BCUT2D eigenvalue weighted by atomic mass is 16.1. The summed E-state index contributed by atoms with van der Waals surface area (Å²) in [6, 6.07) is 8.50. The molecule has 1 aromatic carbocycles. The number of aryl methyl sites for hydroxylation is 2. The number of nitrogens with zero attached hydrogens (tertiary/aromatic N) is 1. The van der Waals surface area contributed by atoms with Crippen molar-refractivity contribution in [2.24, 2.45) is 0 Å². The van der Waals surface area contributed by atoms with Crippen LogP contribution in [0.25, 0.3) is 11.3 Å². The van der Waals surface area contributed by atoms with Crippen LogP contribution in [0.1, 0.15) is 23.6 Å². The zero-order valence-corrected chi connectivity index (χ0v) is 12.3. The Balaban J connectivity index is 2.14. The highest BCUT2D eigenvalue weighted by Gasteiger charge is 2.17. The van der Waals surface area contributed by atoms with Gasteiger partial charge in [0.1, 0.15) is 0 Å². The number of pyridine rings is 1. The van der Waals surface area contributed by atoms with Gasteiger partial charge in [0, 0.05) is 24.8 Å². The lowest BCUT2D eigenvalue weighted by Gasteiger charge is -2.13. The fourth-order valence-electron chi connectivity index (χ4n) is 2.95. The Kier molecular flexibility index (Phi) is 3.13. The van der Waals surface area contributed by atoms with Crippen LogP contribution in [0.3, 0.4) is 0 Å². The van der Waals surface area contributed by atoms with Crippen molar-refractivity contribution in [1.29, 1.82) is 0 Å². The van der Waals surface area contributed by atoms with E-state index < -0.39 is 0 Å². The number of hydrogen-bond acceptors (Lipinski definition) is 2. The number of rotatable bonds is 2. The Morgan fingerprint density at radius 3 is 2.85 bits per heavy atom. The van der Waals surface area contributed by atoms with Gasteiger partial charge >= 0.3 is 0 Å². The van der Waals surface area contributed by atoms with Gasteiger partial charge in [-0.1, -0.05) is 13.0 Å². The first-order chi connectivity index (χ1) is 9.60. The molecule has 1 aliphatic heterocycles. The summed E-state index contributed by atoms with van der Waals surface area (Å²) in [7, 11) is 2.12. The van der Waals surface area contributed by atoms with Crippen LogP contribution in [0, 0.1) is 6.92 Å². The Morgan fingerprint density at radius 2 is 2.10 bits per heavy atom. The smallest absolute Gasteiger partial charge is 0.251 e. The number of fused-ring (bicyclic) bond motifs is 1. The number of hydrogen-bond donors (Lipinski definition) is 1. The first kappa shape index (κ1) is 13.0. The molecule has 2 aromatic rings. The molecule has 20 heavy (non-hydrogen) atoms. The standard InChI is InChI=1S/C17H20N2O/c1-4-12-9-11(2)17(20)18-16(12)14-5-6-15-13(10-14)7-8-19(15)3/h5-6,9-10H,4,7-8H2,1-3H3,(H,18,20). The topological polar surface area (TPSA) is 36.1 Å². The number of anilines is 1. The van der Waals surface area contributed by atoms with E-state index in [9.17, 15) is 4.79 Å². The van der Waals surface area contributed by atoms with Crippen LogP contribution in [-0.2, 0) is 12.8 Å². The molecule has 0 bridgehead atoms. The lowest BCUT2D eigenvalue weighted by molar-refractivity contribution is 0.956. The zero-order chi connectivity index (χ0) is 14.3.